The molecule has 4 heterocycles. The topological polar surface area (TPSA) is 44.2 Å². The Labute approximate surface area is 249 Å². The van der Waals surface area contributed by atoms with Crippen LogP contribution >= 0.6 is 0 Å². The van der Waals surface area contributed by atoms with Gasteiger partial charge < -0.3 is 9.47 Å². The molecule has 200 valence electrons. The monoisotopic (exact) mass is 550 g/mol. The Balaban J connectivity index is 1.22. The Bertz CT molecular complexity index is 2190. The standard InChI is InChI=1S/C38H23BN2O2/c1-2-7-24(8-3-1)26-18-19-40-32(23-26)27-13-15-33-30(21-27)39-31-22-28(38-29-10-5-4-9-25(29)17-20-41-38)14-16-34(31)43-36-12-6-11-35(42-33)37(36)39/h1-23H. The van der Waals surface area contributed by atoms with Gasteiger partial charge in [0.2, 0.25) is 0 Å². The smallest absolute Gasteiger partial charge is 0.260 e. The highest BCUT2D eigenvalue weighted by atomic mass is 16.5. The van der Waals surface area contributed by atoms with Gasteiger partial charge in [-0.3, -0.25) is 9.97 Å². The summed E-state index contributed by atoms with van der Waals surface area (Å²) in [6.07, 6.45) is 3.77. The molecule has 43 heavy (non-hydrogen) atoms. The molecule has 0 unspecified atom stereocenters. The molecular formula is C38H23BN2O2. The SMILES string of the molecule is c1ccc(-c2ccnc(-c3ccc4c(c3)B3c5cc(-c6nccc7ccccc67)ccc5Oc5cccc(c53)O4)c2)cc1. The van der Waals surface area contributed by atoms with Gasteiger partial charge in [0.1, 0.15) is 23.0 Å². The normalized spacial score (nSPS) is 12.5. The number of hydrogen-bond donors (Lipinski definition) is 0. The van der Waals surface area contributed by atoms with Gasteiger partial charge in [0, 0.05) is 28.8 Å². The van der Waals surface area contributed by atoms with Crippen LogP contribution in [0.5, 0.6) is 23.0 Å². The van der Waals surface area contributed by atoms with Gasteiger partial charge in [-0.05, 0) is 87.6 Å². The van der Waals surface area contributed by atoms with Crippen LogP contribution in [0.25, 0.3) is 44.4 Å². The van der Waals surface area contributed by atoms with Crippen molar-refractivity contribution in [1.29, 1.82) is 0 Å². The lowest BCUT2D eigenvalue weighted by atomic mass is 9.34. The summed E-state index contributed by atoms with van der Waals surface area (Å²) in [6, 6.07) is 43.9. The van der Waals surface area contributed by atoms with Gasteiger partial charge in [-0.25, -0.2) is 0 Å². The van der Waals surface area contributed by atoms with Crippen LogP contribution in [0.3, 0.4) is 0 Å². The first kappa shape index (κ1) is 24.0. The van der Waals surface area contributed by atoms with Crippen molar-refractivity contribution in [2.45, 2.75) is 0 Å². The molecule has 2 aliphatic rings. The maximum absolute atomic E-state index is 6.48. The molecule has 0 N–H and O–H groups in total. The highest BCUT2D eigenvalue weighted by molar-refractivity contribution is 6.98. The number of benzene rings is 5. The van der Waals surface area contributed by atoms with E-state index in [1.165, 1.54) is 10.9 Å². The molecule has 4 nitrogen and oxygen atoms in total. The van der Waals surface area contributed by atoms with E-state index < -0.39 is 0 Å². The van der Waals surface area contributed by atoms with Crippen LogP contribution in [0.15, 0.2) is 140 Å². The summed E-state index contributed by atoms with van der Waals surface area (Å²) in [5, 5.41) is 2.29. The van der Waals surface area contributed by atoms with E-state index in [-0.39, 0.29) is 6.71 Å². The number of nitrogens with zero attached hydrogens (tertiary/aromatic N) is 2. The van der Waals surface area contributed by atoms with Crippen molar-refractivity contribution in [2.75, 3.05) is 0 Å². The number of rotatable bonds is 3. The van der Waals surface area contributed by atoms with Crippen molar-refractivity contribution in [2.24, 2.45) is 0 Å². The predicted octanol–water partition coefficient (Wildman–Crippen LogP) is 7.36. The van der Waals surface area contributed by atoms with Crippen molar-refractivity contribution in [3.63, 3.8) is 0 Å². The van der Waals surface area contributed by atoms with Crippen LogP contribution in [0.4, 0.5) is 0 Å². The molecule has 0 saturated carbocycles. The Morgan fingerprint density at radius 1 is 0.465 bits per heavy atom. The molecule has 5 heteroatoms. The summed E-state index contributed by atoms with van der Waals surface area (Å²) in [4.78, 5) is 9.57. The number of fused-ring (bicyclic) bond motifs is 5. The maximum atomic E-state index is 6.48. The third-order valence-corrected chi connectivity index (χ3v) is 8.51. The summed E-state index contributed by atoms with van der Waals surface area (Å²) in [5.41, 5.74) is 9.52. The summed E-state index contributed by atoms with van der Waals surface area (Å²) in [7, 11) is 0. The van der Waals surface area contributed by atoms with Crippen molar-refractivity contribution >= 4 is 33.9 Å². The van der Waals surface area contributed by atoms with Crippen molar-refractivity contribution in [3.05, 3.63) is 140 Å². The molecule has 0 radical (unpaired) electrons. The first-order valence-corrected chi connectivity index (χ1v) is 14.4. The molecule has 0 spiro atoms. The lowest BCUT2D eigenvalue weighted by Gasteiger charge is -2.33. The summed E-state index contributed by atoms with van der Waals surface area (Å²) < 4.78 is 13.0. The van der Waals surface area contributed by atoms with E-state index in [1.54, 1.807) is 0 Å². The number of ether oxygens (including phenoxy) is 2. The quantitative estimate of drug-likeness (QED) is 0.216. The van der Waals surface area contributed by atoms with Crippen molar-refractivity contribution in [3.8, 4) is 56.6 Å². The lowest BCUT2D eigenvalue weighted by molar-refractivity contribution is 0.464. The molecule has 0 amide bonds. The Hall–Kier alpha value is -5.68. The van der Waals surface area contributed by atoms with E-state index >= 15 is 0 Å². The van der Waals surface area contributed by atoms with E-state index in [0.717, 1.165) is 72.9 Å². The molecule has 7 aromatic rings. The van der Waals surface area contributed by atoms with E-state index in [0.29, 0.717) is 0 Å². The van der Waals surface area contributed by atoms with Crippen LogP contribution in [0.1, 0.15) is 0 Å². The van der Waals surface area contributed by atoms with Gasteiger partial charge >= 0.3 is 0 Å². The Morgan fingerprint density at radius 3 is 1.98 bits per heavy atom. The Kier molecular flexibility index (Phi) is 5.26. The van der Waals surface area contributed by atoms with E-state index in [4.69, 9.17) is 19.4 Å². The van der Waals surface area contributed by atoms with Gasteiger partial charge in [-0.1, -0.05) is 72.8 Å². The fourth-order valence-corrected chi connectivity index (χ4v) is 6.49. The van der Waals surface area contributed by atoms with Crippen LogP contribution in [0.2, 0.25) is 0 Å². The van der Waals surface area contributed by atoms with Gasteiger partial charge in [-0.2, -0.15) is 0 Å². The average Bonchev–Trinajstić information content (AvgIpc) is 3.08. The van der Waals surface area contributed by atoms with Gasteiger partial charge in [0.25, 0.3) is 6.71 Å². The summed E-state index contributed by atoms with van der Waals surface area (Å²) in [6.45, 7) is -0.0640. The number of pyridine rings is 2. The largest absolute Gasteiger partial charge is 0.458 e. The van der Waals surface area contributed by atoms with E-state index in [9.17, 15) is 0 Å². The Morgan fingerprint density at radius 2 is 1.16 bits per heavy atom. The second-order valence-electron chi connectivity index (χ2n) is 11.0. The summed E-state index contributed by atoms with van der Waals surface area (Å²) in [5.74, 6) is 3.35. The van der Waals surface area contributed by atoms with Crippen molar-refractivity contribution < 1.29 is 9.47 Å². The summed E-state index contributed by atoms with van der Waals surface area (Å²) >= 11 is 0. The van der Waals surface area contributed by atoms with E-state index in [1.807, 2.05) is 36.7 Å². The fourth-order valence-electron chi connectivity index (χ4n) is 6.49. The number of hydrogen-bond acceptors (Lipinski definition) is 4. The average molecular weight is 550 g/mol. The van der Waals surface area contributed by atoms with Crippen molar-refractivity contribution in [1.82, 2.24) is 9.97 Å². The zero-order valence-corrected chi connectivity index (χ0v) is 23.1. The molecule has 0 aliphatic carbocycles. The third kappa shape index (κ3) is 3.86. The highest BCUT2D eigenvalue weighted by Crippen LogP contribution is 2.37. The first-order valence-electron chi connectivity index (χ1n) is 14.4. The molecule has 0 atom stereocenters. The van der Waals surface area contributed by atoms with Crippen LogP contribution in [-0.4, -0.2) is 16.7 Å². The molecule has 0 saturated heterocycles. The third-order valence-electron chi connectivity index (χ3n) is 8.51. The van der Waals surface area contributed by atoms with Crippen LogP contribution in [-0.2, 0) is 0 Å². The highest BCUT2D eigenvalue weighted by Gasteiger charge is 2.40. The molecule has 0 bridgehead atoms. The minimum atomic E-state index is -0.0640. The fraction of sp³-hybridized carbons (Fsp3) is 0. The van der Waals surface area contributed by atoms with Gasteiger partial charge in [-0.15, -0.1) is 0 Å². The zero-order chi connectivity index (χ0) is 28.3. The minimum absolute atomic E-state index is 0.0640. The molecule has 9 rings (SSSR count). The maximum Gasteiger partial charge on any atom is 0.260 e. The lowest BCUT2D eigenvalue weighted by Crippen LogP contribution is -2.57. The molecular weight excluding hydrogens is 527 g/mol. The molecule has 2 aliphatic heterocycles. The molecule has 2 aromatic heterocycles. The molecule has 5 aromatic carbocycles. The first-order chi connectivity index (χ1) is 21.3. The van der Waals surface area contributed by atoms with Gasteiger partial charge in [0.05, 0.1) is 11.4 Å². The van der Waals surface area contributed by atoms with Crippen LogP contribution < -0.4 is 25.9 Å². The van der Waals surface area contributed by atoms with Gasteiger partial charge in [0.15, 0.2) is 0 Å². The zero-order valence-electron chi connectivity index (χ0n) is 23.1. The minimum Gasteiger partial charge on any atom is -0.458 e. The molecule has 0 fully saturated rings. The number of aromatic nitrogens is 2. The predicted molar refractivity (Wildman–Crippen MR) is 174 cm³/mol. The second kappa shape index (κ2) is 9.43. The van der Waals surface area contributed by atoms with Crippen LogP contribution in [0, 0.1) is 0 Å². The van der Waals surface area contributed by atoms with E-state index in [2.05, 4.69) is 103 Å². The second-order valence-corrected chi connectivity index (χ2v) is 11.0.